The number of nitrogens with zero attached hydrogens (tertiary/aromatic N) is 2. The maximum Gasteiger partial charge on any atom is 0.311 e. The minimum Gasteiger partial charge on any atom is -0.481 e. The predicted molar refractivity (Wildman–Crippen MR) is 69.9 cm³/mol. The molecular formula is C12H14N4O4. The summed E-state index contributed by atoms with van der Waals surface area (Å²) in [7, 11) is 0. The van der Waals surface area contributed by atoms with Crippen molar-refractivity contribution in [3.05, 3.63) is 15.9 Å². The number of aromatic amines is 1. The summed E-state index contributed by atoms with van der Waals surface area (Å²) in [6.07, 6.45) is 1.80. The molecule has 0 bridgehead atoms. The molecule has 1 fully saturated rings. The molecule has 2 aliphatic rings. The van der Waals surface area contributed by atoms with Crippen LogP contribution >= 0.6 is 0 Å². The number of rotatable bonds is 2. The maximum atomic E-state index is 12.1. The highest BCUT2D eigenvalue weighted by Crippen LogP contribution is 2.29. The quantitative estimate of drug-likeness (QED) is 0.694. The van der Waals surface area contributed by atoms with Crippen LogP contribution in [0.1, 0.15) is 30.7 Å². The fourth-order valence-corrected chi connectivity index (χ4v) is 2.65. The van der Waals surface area contributed by atoms with Gasteiger partial charge in [0, 0.05) is 19.5 Å². The average Bonchev–Trinajstić information content (AvgIpc) is 2.90. The normalized spacial score (nSPS) is 21.5. The van der Waals surface area contributed by atoms with Crippen LogP contribution in [0.25, 0.3) is 0 Å². The van der Waals surface area contributed by atoms with Gasteiger partial charge in [0.05, 0.1) is 11.5 Å². The third-order valence-corrected chi connectivity index (χ3v) is 3.64. The van der Waals surface area contributed by atoms with E-state index >= 15 is 0 Å². The zero-order chi connectivity index (χ0) is 14.3. The van der Waals surface area contributed by atoms with Gasteiger partial charge in [-0.1, -0.05) is 0 Å². The topological polar surface area (TPSA) is 115 Å². The van der Waals surface area contributed by atoms with Crippen LogP contribution in [0, 0.1) is 0 Å². The number of aliphatic carboxylic acids is 1. The highest BCUT2D eigenvalue weighted by molar-refractivity contribution is 5.98. The van der Waals surface area contributed by atoms with Gasteiger partial charge < -0.3 is 15.3 Å². The van der Waals surface area contributed by atoms with Crippen LogP contribution < -0.4 is 15.8 Å². The van der Waals surface area contributed by atoms with Crippen molar-refractivity contribution in [3.63, 3.8) is 0 Å². The van der Waals surface area contributed by atoms with Gasteiger partial charge in [0.15, 0.2) is 0 Å². The summed E-state index contributed by atoms with van der Waals surface area (Å²) in [5.74, 6) is -2.31. The van der Waals surface area contributed by atoms with Gasteiger partial charge in [-0.05, 0) is 12.8 Å². The summed E-state index contributed by atoms with van der Waals surface area (Å²) < 4.78 is 0. The molecule has 20 heavy (non-hydrogen) atoms. The molecule has 3 N–H and O–H groups in total. The fraction of sp³-hybridized carbons (Fsp3) is 0.500. The smallest absolute Gasteiger partial charge is 0.311 e. The zero-order valence-corrected chi connectivity index (χ0v) is 10.7. The van der Waals surface area contributed by atoms with Gasteiger partial charge in [0.2, 0.25) is 11.9 Å². The number of nitrogens with one attached hydrogen (secondary N) is 2. The number of carbonyl (C=O) groups is 2. The summed E-state index contributed by atoms with van der Waals surface area (Å²) in [5.41, 5.74) is -0.468. The molecular weight excluding hydrogens is 264 g/mol. The lowest BCUT2D eigenvalue weighted by molar-refractivity contribution is -0.140. The molecule has 1 saturated heterocycles. The first-order chi connectivity index (χ1) is 9.56. The number of carboxylic acids is 1. The summed E-state index contributed by atoms with van der Waals surface area (Å²) in [5, 5.41) is 11.6. The van der Waals surface area contributed by atoms with E-state index in [-0.39, 0.29) is 17.8 Å². The number of hydrogen-bond acceptors (Lipinski definition) is 5. The Morgan fingerprint density at radius 2 is 2.00 bits per heavy atom. The number of carbonyl (C=O) groups excluding carboxylic acids is 1. The molecule has 8 nitrogen and oxygen atoms in total. The van der Waals surface area contributed by atoms with Crippen molar-refractivity contribution >= 4 is 23.6 Å². The lowest BCUT2D eigenvalue weighted by atomic mass is 9.94. The standard InChI is InChI=1S/C12H14N4O4/c17-7-5-6(11(19)20)8-9(13-7)14-12(15-10(8)18)16-3-1-2-4-16/h6H,1-5H2,(H,19,20)(H2,13,14,15,17,18)/t6-/m0/s1. The van der Waals surface area contributed by atoms with Gasteiger partial charge >= 0.3 is 5.97 Å². The lowest BCUT2D eigenvalue weighted by Gasteiger charge is -2.23. The Morgan fingerprint density at radius 1 is 1.30 bits per heavy atom. The number of hydrogen-bond donors (Lipinski definition) is 3. The summed E-state index contributed by atoms with van der Waals surface area (Å²) in [6, 6.07) is 0. The van der Waals surface area contributed by atoms with Crippen molar-refractivity contribution in [2.75, 3.05) is 23.3 Å². The predicted octanol–water partition coefficient (Wildman–Crippen LogP) is -0.119. The molecule has 1 aromatic rings. The lowest BCUT2D eigenvalue weighted by Crippen LogP contribution is -2.35. The SMILES string of the molecule is O=C1C[C@H](C(=O)O)c2c(nc(N3CCCC3)[nH]c2=O)N1. The summed E-state index contributed by atoms with van der Waals surface area (Å²) >= 11 is 0. The van der Waals surface area contributed by atoms with E-state index in [1.54, 1.807) is 0 Å². The van der Waals surface area contributed by atoms with Gasteiger partial charge in [-0.3, -0.25) is 19.4 Å². The number of amides is 1. The second-order valence-electron chi connectivity index (χ2n) is 4.99. The van der Waals surface area contributed by atoms with Gasteiger partial charge in [-0.15, -0.1) is 0 Å². The second-order valence-corrected chi connectivity index (χ2v) is 4.99. The van der Waals surface area contributed by atoms with E-state index in [1.165, 1.54) is 0 Å². The van der Waals surface area contributed by atoms with Gasteiger partial charge in [-0.2, -0.15) is 4.98 Å². The molecule has 1 amide bonds. The van der Waals surface area contributed by atoms with Crippen molar-refractivity contribution in [3.8, 4) is 0 Å². The number of H-pyrrole nitrogens is 1. The molecule has 1 atom stereocenters. The molecule has 8 heteroatoms. The number of anilines is 2. The zero-order valence-electron chi connectivity index (χ0n) is 10.7. The Labute approximate surface area is 113 Å². The van der Waals surface area contributed by atoms with Crippen LogP contribution in [0.4, 0.5) is 11.8 Å². The monoisotopic (exact) mass is 278 g/mol. The summed E-state index contributed by atoms with van der Waals surface area (Å²) in [4.78, 5) is 43.6. The van der Waals surface area contributed by atoms with Crippen molar-refractivity contribution in [1.82, 2.24) is 9.97 Å². The van der Waals surface area contributed by atoms with Crippen molar-refractivity contribution in [2.45, 2.75) is 25.2 Å². The highest BCUT2D eigenvalue weighted by atomic mass is 16.4. The molecule has 0 saturated carbocycles. The molecule has 2 aliphatic heterocycles. The van der Waals surface area contributed by atoms with Gasteiger partial charge in [0.1, 0.15) is 5.82 Å². The van der Waals surface area contributed by atoms with Crippen LogP contribution in [-0.2, 0) is 9.59 Å². The number of aromatic nitrogens is 2. The van der Waals surface area contributed by atoms with Crippen LogP contribution in [0.2, 0.25) is 0 Å². The van der Waals surface area contributed by atoms with E-state index in [9.17, 15) is 14.4 Å². The molecule has 106 valence electrons. The Morgan fingerprint density at radius 3 is 2.65 bits per heavy atom. The van der Waals surface area contributed by atoms with E-state index in [2.05, 4.69) is 15.3 Å². The molecule has 1 aromatic heterocycles. The number of carboxylic acid groups (broad SMARTS) is 1. The average molecular weight is 278 g/mol. The van der Waals surface area contributed by atoms with Crippen molar-refractivity contribution < 1.29 is 14.7 Å². The molecule has 0 radical (unpaired) electrons. The van der Waals surface area contributed by atoms with Crippen LogP contribution in [0.5, 0.6) is 0 Å². The Hall–Kier alpha value is -2.38. The largest absolute Gasteiger partial charge is 0.481 e. The number of fused-ring (bicyclic) bond motifs is 1. The summed E-state index contributed by atoms with van der Waals surface area (Å²) in [6.45, 7) is 1.58. The van der Waals surface area contributed by atoms with Crippen LogP contribution in [-0.4, -0.2) is 40.0 Å². The Bertz CT molecular complexity index is 633. The fourth-order valence-electron chi connectivity index (χ4n) is 2.65. The van der Waals surface area contributed by atoms with E-state index < -0.39 is 23.4 Å². The first-order valence-electron chi connectivity index (χ1n) is 6.48. The van der Waals surface area contributed by atoms with E-state index in [1.807, 2.05) is 4.90 Å². The minimum atomic E-state index is -1.19. The Kier molecular flexibility index (Phi) is 2.92. The molecule has 3 rings (SSSR count). The highest BCUT2D eigenvalue weighted by Gasteiger charge is 2.35. The molecule has 0 unspecified atom stereocenters. The molecule has 0 spiro atoms. The minimum absolute atomic E-state index is 0.0278. The van der Waals surface area contributed by atoms with E-state index in [0.717, 1.165) is 25.9 Å². The first kappa shape index (κ1) is 12.6. The van der Waals surface area contributed by atoms with Crippen molar-refractivity contribution in [1.29, 1.82) is 0 Å². The third kappa shape index (κ3) is 2.02. The van der Waals surface area contributed by atoms with E-state index in [0.29, 0.717) is 5.95 Å². The second kappa shape index (κ2) is 4.62. The first-order valence-corrected chi connectivity index (χ1v) is 6.48. The Balaban J connectivity index is 2.08. The van der Waals surface area contributed by atoms with Crippen LogP contribution in [0.15, 0.2) is 4.79 Å². The third-order valence-electron chi connectivity index (χ3n) is 3.64. The van der Waals surface area contributed by atoms with Gasteiger partial charge in [-0.25, -0.2) is 0 Å². The van der Waals surface area contributed by atoms with Crippen molar-refractivity contribution in [2.24, 2.45) is 0 Å². The van der Waals surface area contributed by atoms with Crippen LogP contribution in [0.3, 0.4) is 0 Å². The van der Waals surface area contributed by atoms with Gasteiger partial charge in [0.25, 0.3) is 5.56 Å². The molecule has 3 heterocycles. The molecule has 0 aromatic carbocycles. The van der Waals surface area contributed by atoms with E-state index in [4.69, 9.17) is 5.11 Å². The maximum absolute atomic E-state index is 12.1. The molecule has 0 aliphatic carbocycles.